The van der Waals surface area contributed by atoms with Crippen molar-refractivity contribution in [2.75, 3.05) is 13.1 Å². The monoisotopic (exact) mass is 382 g/mol. The maximum absolute atomic E-state index is 12.7. The van der Waals surface area contributed by atoms with Gasteiger partial charge in [-0.2, -0.15) is 0 Å². The molecule has 1 N–H and O–H groups in total. The van der Waals surface area contributed by atoms with Crippen molar-refractivity contribution in [3.05, 3.63) is 70.8 Å². The molecule has 5 rings (SSSR count). The van der Waals surface area contributed by atoms with Crippen molar-refractivity contribution in [1.29, 1.82) is 0 Å². The zero-order chi connectivity index (χ0) is 20.0. The Kier molecular flexibility index (Phi) is 4.51. The van der Waals surface area contributed by atoms with Crippen molar-refractivity contribution >= 4 is 35.2 Å². The van der Waals surface area contributed by atoms with Gasteiger partial charge in [0.1, 0.15) is 13.5 Å². The molecule has 0 spiro atoms. The molecular formula is C23H23BN4O. The second-order valence-corrected chi connectivity index (χ2v) is 8.14. The van der Waals surface area contributed by atoms with E-state index >= 15 is 0 Å². The molecule has 1 aliphatic rings. The molecule has 0 saturated carbocycles. The van der Waals surface area contributed by atoms with E-state index in [0.29, 0.717) is 11.3 Å². The Labute approximate surface area is 170 Å². The number of piperidine rings is 1. The van der Waals surface area contributed by atoms with Gasteiger partial charge < -0.3 is 9.55 Å². The summed E-state index contributed by atoms with van der Waals surface area (Å²) in [5, 5.41) is 1.55. The van der Waals surface area contributed by atoms with Crippen LogP contribution < -0.4 is 10.9 Å². The molecule has 6 heteroatoms. The van der Waals surface area contributed by atoms with Crippen LogP contribution in [-0.4, -0.2) is 40.4 Å². The second kappa shape index (κ2) is 7.19. The first-order chi connectivity index (χ1) is 14.1. The van der Waals surface area contributed by atoms with Gasteiger partial charge in [-0.15, -0.1) is 0 Å². The van der Waals surface area contributed by atoms with Crippen molar-refractivity contribution in [1.82, 2.24) is 19.4 Å². The maximum atomic E-state index is 12.7. The summed E-state index contributed by atoms with van der Waals surface area (Å²) >= 11 is 0. The van der Waals surface area contributed by atoms with Crippen molar-refractivity contribution in [2.24, 2.45) is 5.92 Å². The minimum absolute atomic E-state index is 0.142. The highest BCUT2D eigenvalue weighted by Gasteiger charge is 2.29. The van der Waals surface area contributed by atoms with Gasteiger partial charge in [-0.05, 0) is 36.0 Å². The van der Waals surface area contributed by atoms with E-state index in [-0.39, 0.29) is 16.9 Å². The summed E-state index contributed by atoms with van der Waals surface area (Å²) in [6.07, 6.45) is 6.46. The van der Waals surface area contributed by atoms with Gasteiger partial charge in [-0.25, -0.2) is 4.98 Å². The normalized spacial score (nSPS) is 20.4. The molecular weight excluding hydrogens is 359 g/mol. The average Bonchev–Trinajstić information content (AvgIpc) is 3.22. The van der Waals surface area contributed by atoms with Crippen LogP contribution in [0.3, 0.4) is 0 Å². The van der Waals surface area contributed by atoms with E-state index < -0.39 is 0 Å². The van der Waals surface area contributed by atoms with Crippen LogP contribution in [0.25, 0.3) is 21.9 Å². The standard InChI is InChI=1S/C23H23BN4O/c1-15-8-10-27(12-16-5-3-2-4-6-16)14-20(15)28-13-19(24)22(29)18-11-26-23-17(21(18)28)7-9-25-23/h2-7,9,11,13,15,20H,8,10,12,14H2,1H3,(H,25,26)/t15-,20+/m1/s1. The molecule has 4 aromatic rings. The lowest BCUT2D eigenvalue weighted by atomic mass is 9.90. The number of hydrogen-bond acceptors (Lipinski definition) is 3. The van der Waals surface area contributed by atoms with Gasteiger partial charge in [0.25, 0.3) is 0 Å². The summed E-state index contributed by atoms with van der Waals surface area (Å²) in [5.41, 5.74) is 3.18. The van der Waals surface area contributed by atoms with E-state index in [1.807, 2.05) is 18.5 Å². The number of hydrogen-bond donors (Lipinski definition) is 1. The molecule has 5 nitrogen and oxygen atoms in total. The Morgan fingerprint density at radius 1 is 1.21 bits per heavy atom. The molecule has 0 amide bonds. The second-order valence-electron chi connectivity index (χ2n) is 8.14. The zero-order valence-corrected chi connectivity index (χ0v) is 16.5. The molecule has 2 radical (unpaired) electrons. The molecule has 1 aliphatic heterocycles. The summed E-state index contributed by atoms with van der Waals surface area (Å²) in [6, 6.07) is 12.8. The number of H-pyrrole nitrogens is 1. The molecule has 1 saturated heterocycles. The number of nitrogens with zero attached hydrogens (tertiary/aromatic N) is 3. The fourth-order valence-electron chi connectivity index (χ4n) is 4.59. The Bertz CT molecular complexity index is 1230. The van der Waals surface area contributed by atoms with Gasteiger partial charge in [-0.3, -0.25) is 9.69 Å². The summed E-state index contributed by atoms with van der Waals surface area (Å²) in [6.45, 7) is 5.21. The van der Waals surface area contributed by atoms with Crippen LogP contribution in [0.4, 0.5) is 0 Å². The number of nitrogens with one attached hydrogen (secondary N) is 1. The molecule has 1 fully saturated rings. The molecule has 2 atom stereocenters. The third-order valence-corrected chi connectivity index (χ3v) is 6.21. The maximum Gasteiger partial charge on any atom is 0.183 e. The quantitative estimate of drug-likeness (QED) is 0.555. The molecule has 4 heterocycles. The topological polar surface area (TPSA) is 53.9 Å². The first-order valence-corrected chi connectivity index (χ1v) is 10.1. The van der Waals surface area contributed by atoms with E-state index in [1.54, 1.807) is 6.20 Å². The smallest absolute Gasteiger partial charge is 0.183 e. The first-order valence-electron chi connectivity index (χ1n) is 10.1. The molecule has 29 heavy (non-hydrogen) atoms. The predicted molar refractivity (Wildman–Crippen MR) is 118 cm³/mol. The van der Waals surface area contributed by atoms with Crippen LogP contribution in [0.5, 0.6) is 0 Å². The van der Waals surface area contributed by atoms with Crippen LogP contribution in [-0.2, 0) is 6.54 Å². The molecule has 144 valence electrons. The highest BCUT2D eigenvalue weighted by atomic mass is 16.1. The SMILES string of the molecule is [B]c1cn([C@H]2CN(Cc3ccccc3)CC[C@H]2C)c2c(cnc3[nH]ccc32)c1=O. The molecule has 3 aromatic heterocycles. The number of aromatic nitrogens is 3. The van der Waals surface area contributed by atoms with E-state index in [0.717, 1.165) is 42.6 Å². The van der Waals surface area contributed by atoms with Gasteiger partial charge in [0.05, 0.1) is 10.9 Å². The van der Waals surface area contributed by atoms with Gasteiger partial charge in [-0.1, -0.05) is 37.3 Å². The van der Waals surface area contributed by atoms with Crippen LogP contribution in [0.15, 0.2) is 59.8 Å². The lowest BCUT2D eigenvalue weighted by Crippen LogP contribution is -2.42. The summed E-state index contributed by atoms with van der Waals surface area (Å²) in [5.74, 6) is 0.481. The number of likely N-dealkylation sites (tertiary alicyclic amines) is 1. The first kappa shape index (κ1) is 18.2. The van der Waals surface area contributed by atoms with E-state index in [1.165, 1.54) is 5.56 Å². The van der Waals surface area contributed by atoms with Crippen molar-refractivity contribution in [2.45, 2.75) is 25.9 Å². The number of fused-ring (bicyclic) bond motifs is 3. The molecule has 0 unspecified atom stereocenters. The van der Waals surface area contributed by atoms with Gasteiger partial charge in [0.15, 0.2) is 5.43 Å². The lowest BCUT2D eigenvalue weighted by molar-refractivity contribution is 0.129. The van der Waals surface area contributed by atoms with Crippen molar-refractivity contribution < 1.29 is 0 Å². The number of aromatic amines is 1. The van der Waals surface area contributed by atoms with Crippen molar-refractivity contribution in [3.63, 3.8) is 0 Å². The van der Waals surface area contributed by atoms with Crippen LogP contribution in [0.2, 0.25) is 0 Å². The predicted octanol–water partition coefficient (Wildman–Crippen LogP) is 2.75. The Morgan fingerprint density at radius 2 is 2.03 bits per heavy atom. The minimum Gasteiger partial charge on any atom is -0.346 e. The van der Waals surface area contributed by atoms with Crippen molar-refractivity contribution in [3.8, 4) is 0 Å². The lowest BCUT2D eigenvalue weighted by Gasteiger charge is -2.39. The average molecular weight is 382 g/mol. The summed E-state index contributed by atoms with van der Waals surface area (Å²) < 4.78 is 2.23. The van der Waals surface area contributed by atoms with Gasteiger partial charge in [0.2, 0.25) is 0 Å². The fraction of sp³-hybridized carbons (Fsp3) is 0.304. The van der Waals surface area contributed by atoms with Crippen LogP contribution >= 0.6 is 0 Å². The molecule has 1 aromatic carbocycles. The van der Waals surface area contributed by atoms with E-state index in [9.17, 15) is 4.79 Å². The third kappa shape index (κ3) is 3.17. The largest absolute Gasteiger partial charge is 0.346 e. The highest BCUT2D eigenvalue weighted by Crippen LogP contribution is 2.32. The number of benzene rings is 1. The molecule has 0 aliphatic carbocycles. The minimum atomic E-state index is -0.142. The highest BCUT2D eigenvalue weighted by molar-refractivity contribution is 6.33. The van der Waals surface area contributed by atoms with E-state index in [4.69, 9.17) is 7.85 Å². The molecule has 0 bridgehead atoms. The van der Waals surface area contributed by atoms with Crippen LogP contribution in [0, 0.1) is 5.92 Å². The Balaban J connectivity index is 1.61. The Morgan fingerprint density at radius 3 is 2.86 bits per heavy atom. The van der Waals surface area contributed by atoms with Gasteiger partial charge in [0, 0.05) is 43.1 Å². The number of rotatable bonds is 3. The summed E-state index contributed by atoms with van der Waals surface area (Å²) in [4.78, 5) is 22.8. The summed E-state index contributed by atoms with van der Waals surface area (Å²) in [7, 11) is 6.13. The van der Waals surface area contributed by atoms with E-state index in [2.05, 4.69) is 56.7 Å². The van der Waals surface area contributed by atoms with Gasteiger partial charge >= 0.3 is 0 Å². The van der Waals surface area contributed by atoms with Crippen LogP contribution in [0.1, 0.15) is 24.9 Å². The fourth-order valence-corrected chi connectivity index (χ4v) is 4.59. The third-order valence-electron chi connectivity index (χ3n) is 6.21. The number of pyridine rings is 2. The Hall–Kier alpha value is -2.86. The zero-order valence-electron chi connectivity index (χ0n) is 16.5.